The van der Waals surface area contributed by atoms with Gasteiger partial charge in [0.1, 0.15) is 0 Å². The molecular weight excluding hydrogens is 254 g/mol. The van der Waals surface area contributed by atoms with Gasteiger partial charge in [-0.15, -0.1) is 0 Å². The summed E-state index contributed by atoms with van der Waals surface area (Å²) in [6, 6.07) is 0. The Balaban J connectivity index is 1.50. The summed E-state index contributed by atoms with van der Waals surface area (Å²) in [5, 5.41) is 12.0. The minimum absolute atomic E-state index is 0.257. The van der Waals surface area contributed by atoms with Crippen molar-refractivity contribution in [3.05, 3.63) is 0 Å². The number of piperazine rings is 1. The molecule has 1 saturated carbocycles. The van der Waals surface area contributed by atoms with Crippen LogP contribution in [0.25, 0.3) is 0 Å². The summed E-state index contributed by atoms with van der Waals surface area (Å²) >= 11 is 0. The molecule has 2 aliphatic rings. The average Bonchev–Trinajstić information content (AvgIpc) is 3.00. The van der Waals surface area contributed by atoms with E-state index in [1.807, 2.05) is 0 Å². The molecule has 0 unspecified atom stereocenters. The number of amides is 1. The van der Waals surface area contributed by atoms with Crippen LogP contribution in [0.2, 0.25) is 0 Å². The number of aliphatic hydroxyl groups excluding tert-OH is 1. The maximum atomic E-state index is 11.9. The van der Waals surface area contributed by atoms with E-state index in [0.29, 0.717) is 0 Å². The highest BCUT2D eigenvalue weighted by Gasteiger charge is 2.22. The maximum absolute atomic E-state index is 11.9. The summed E-state index contributed by atoms with van der Waals surface area (Å²) in [6.07, 6.45) is 5.64. The second-order valence-electron chi connectivity index (χ2n) is 6.03. The third-order valence-corrected chi connectivity index (χ3v) is 4.56. The zero-order chi connectivity index (χ0) is 14.2. The van der Waals surface area contributed by atoms with Crippen LogP contribution in [0.5, 0.6) is 0 Å². The van der Waals surface area contributed by atoms with E-state index in [4.69, 9.17) is 5.11 Å². The van der Waals surface area contributed by atoms with Crippen LogP contribution in [0.3, 0.4) is 0 Å². The summed E-state index contributed by atoms with van der Waals surface area (Å²) < 4.78 is 0. The first kappa shape index (κ1) is 15.7. The Hall–Kier alpha value is -0.650. The van der Waals surface area contributed by atoms with Crippen LogP contribution < -0.4 is 5.32 Å². The van der Waals surface area contributed by atoms with Gasteiger partial charge in [-0.25, -0.2) is 0 Å². The fourth-order valence-electron chi connectivity index (χ4n) is 3.22. The number of nitrogens with zero attached hydrogens (tertiary/aromatic N) is 2. The van der Waals surface area contributed by atoms with Gasteiger partial charge in [-0.05, 0) is 25.8 Å². The Labute approximate surface area is 122 Å². The summed E-state index contributed by atoms with van der Waals surface area (Å²) in [6.45, 7) is 7.19. The van der Waals surface area contributed by atoms with Gasteiger partial charge < -0.3 is 15.3 Å². The monoisotopic (exact) mass is 283 g/mol. The van der Waals surface area contributed by atoms with Crippen LogP contribution in [0.1, 0.15) is 32.1 Å². The van der Waals surface area contributed by atoms with Gasteiger partial charge in [0.25, 0.3) is 0 Å². The van der Waals surface area contributed by atoms with Crippen molar-refractivity contribution >= 4 is 5.91 Å². The number of nitrogens with one attached hydrogen (secondary N) is 1. The van der Waals surface area contributed by atoms with E-state index in [0.717, 1.165) is 65.1 Å². The van der Waals surface area contributed by atoms with Crippen LogP contribution in [-0.4, -0.2) is 73.2 Å². The van der Waals surface area contributed by atoms with E-state index in [1.54, 1.807) is 0 Å². The van der Waals surface area contributed by atoms with Crippen molar-refractivity contribution in [1.82, 2.24) is 15.1 Å². The number of carbonyl (C=O) groups excluding carboxylic acids is 1. The summed E-state index contributed by atoms with van der Waals surface area (Å²) in [4.78, 5) is 16.6. The molecule has 0 aromatic rings. The zero-order valence-corrected chi connectivity index (χ0v) is 12.5. The average molecular weight is 283 g/mol. The van der Waals surface area contributed by atoms with Gasteiger partial charge >= 0.3 is 0 Å². The first-order valence-electron chi connectivity index (χ1n) is 8.13. The minimum Gasteiger partial charge on any atom is -0.395 e. The van der Waals surface area contributed by atoms with Gasteiger partial charge in [-0.1, -0.05) is 12.8 Å². The summed E-state index contributed by atoms with van der Waals surface area (Å²) in [5.41, 5.74) is 0. The molecule has 20 heavy (non-hydrogen) atoms. The molecule has 0 atom stereocenters. The Morgan fingerprint density at radius 2 is 1.65 bits per heavy atom. The minimum atomic E-state index is 0.257. The second kappa shape index (κ2) is 8.60. The van der Waals surface area contributed by atoms with Crippen LogP contribution in [0.4, 0.5) is 0 Å². The molecule has 0 aromatic heterocycles. The van der Waals surface area contributed by atoms with E-state index >= 15 is 0 Å². The smallest absolute Gasteiger partial charge is 0.223 e. The van der Waals surface area contributed by atoms with Crippen LogP contribution >= 0.6 is 0 Å². The first-order chi connectivity index (χ1) is 9.79. The standard InChI is InChI=1S/C15H29N3O2/c19-13-12-18-10-8-17(9-11-18)7-3-6-16-15(20)14-4-1-2-5-14/h14,19H,1-13H2,(H,16,20). The van der Waals surface area contributed by atoms with Gasteiger partial charge in [0.05, 0.1) is 6.61 Å². The molecule has 5 heteroatoms. The van der Waals surface area contributed by atoms with Crippen molar-refractivity contribution in [3.8, 4) is 0 Å². The van der Waals surface area contributed by atoms with E-state index in [2.05, 4.69) is 15.1 Å². The van der Waals surface area contributed by atoms with Crippen LogP contribution in [0, 0.1) is 5.92 Å². The van der Waals surface area contributed by atoms with Crippen molar-refractivity contribution in [2.24, 2.45) is 5.92 Å². The molecule has 0 bridgehead atoms. The highest BCUT2D eigenvalue weighted by atomic mass is 16.3. The highest BCUT2D eigenvalue weighted by molar-refractivity contribution is 5.78. The number of aliphatic hydroxyl groups is 1. The Morgan fingerprint density at radius 3 is 2.25 bits per heavy atom. The third kappa shape index (κ3) is 5.04. The van der Waals surface area contributed by atoms with Crippen molar-refractivity contribution in [2.45, 2.75) is 32.1 Å². The molecule has 1 aliphatic heterocycles. The Bertz CT molecular complexity index is 285. The molecule has 0 radical (unpaired) electrons. The molecule has 2 rings (SSSR count). The highest BCUT2D eigenvalue weighted by Crippen LogP contribution is 2.24. The summed E-state index contributed by atoms with van der Waals surface area (Å²) in [5.74, 6) is 0.562. The predicted octanol–water partition coefficient (Wildman–Crippen LogP) is 0.293. The van der Waals surface area contributed by atoms with E-state index in [1.165, 1.54) is 12.8 Å². The molecule has 0 spiro atoms. The quantitative estimate of drug-likeness (QED) is 0.660. The van der Waals surface area contributed by atoms with Crippen molar-refractivity contribution in [2.75, 3.05) is 52.4 Å². The lowest BCUT2D eigenvalue weighted by Gasteiger charge is -2.34. The SMILES string of the molecule is O=C(NCCCN1CCN(CCO)CC1)C1CCCC1. The number of β-amino-alcohol motifs (C(OH)–C–C–N with tert-alkyl or cyclic N) is 1. The molecule has 1 amide bonds. The largest absolute Gasteiger partial charge is 0.395 e. The van der Waals surface area contributed by atoms with Crippen LogP contribution in [0.15, 0.2) is 0 Å². The maximum Gasteiger partial charge on any atom is 0.223 e. The molecular formula is C15H29N3O2. The van der Waals surface area contributed by atoms with Gasteiger partial charge in [0.15, 0.2) is 0 Å². The molecule has 1 saturated heterocycles. The number of rotatable bonds is 7. The molecule has 1 aliphatic carbocycles. The van der Waals surface area contributed by atoms with Gasteiger partial charge in [0, 0.05) is 45.2 Å². The van der Waals surface area contributed by atoms with Crippen molar-refractivity contribution in [3.63, 3.8) is 0 Å². The summed E-state index contributed by atoms with van der Waals surface area (Å²) in [7, 11) is 0. The molecule has 5 nitrogen and oxygen atoms in total. The Morgan fingerprint density at radius 1 is 1.05 bits per heavy atom. The fraction of sp³-hybridized carbons (Fsp3) is 0.933. The fourth-order valence-corrected chi connectivity index (χ4v) is 3.22. The normalized spacial score (nSPS) is 22.2. The number of hydrogen-bond donors (Lipinski definition) is 2. The lowest BCUT2D eigenvalue weighted by Crippen LogP contribution is -2.47. The predicted molar refractivity (Wildman–Crippen MR) is 79.6 cm³/mol. The Kier molecular flexibility index (Phi) is 6.76. The zero-order valence-electron chi connectivity index (χ0n) is 12.5. The number of carbonyl (C=O) groups is 1. The van der Waals surface area contributed by atoms with E-state index < -0.39 is 0 Å². The second-order valence-corrected chi connectivity index (χ2v) is 6.03. The topological polar surface area (TPSA) is 55.8 Å². The molecule has 0 aromatic carbocycles. The molecule has 2 N–H and O–H groups in total. The lowest BCUT2D eigenvalue weighted by molar-refractivity contribution is -0.124. The van der Waals surface area contributed by atoms with E-state index in [-0.39, 0.29) is 18.4 Å². The van der Waals surface area contributed by atoms with Gasteiger partial charge in [0.2, 0.25) is 5.91 Å². The van der Waals surface area contributed by atoms with Gasteiger partial charge in [-0.3, -0.25) is 9.69 Å². The number of hydrogen-bond acceptors (Lipinski definition) is 4. The van der Waals surface area contributed by atoms with E-state index in [9.17, 15) is 4.79 Å². The van der Waals surface area contributed by atoms with Crippen LogP contribution in [-0.2, 0) is 4.79 Å². The molecule has 116 valence electrons. The molecule has 1 heterocycles. The molecule has 2 fully saturated rings. The van der Waals surface area contributed by atoms with Crippen molar-refractivity contribution in [1.29, 1.82) is 0 Å². The lowest BCUT2D eigenvalue weighted by atomic mass is 10.1. The van der Waals surface area contributed by atoms with Crippen molar-refractivity contribution < 1.29 is 9.90 Å². The van der Waals surface area contributed by atoms with Gasteiger partial charge in [-0.2, -0.15) is 0 Å². The third-order valence-electron chi connectivity index (χ3n) is 4.56. The first-order valence-corrected chi connectivity index (χ1v) is 8.13.